The van der Waals surface area contributed by atoms with Gasteiger partial charge in [-0.05, 0) is 49.1 Å². The van der Waals surface area contributed by atoms with Crippen LogP contribution in [0.25, 0.3) is 11.3 Å². The second kappa shape index (κ2) is 4.89. The number of furan rings is 1. The average Bonchev–Trinajstić information content (AvgIpc) is 3.07. The minimum Gasteiger partial charge on any atom is -0.493 e. The molecule has 1 aliphatic carbocycles. The Hall–Kier alpha value is -1.91. The van der Waals surface area contributed by atoms with Crippen LogP contribution < -0.4 is 4.74 Å². The van der Waals surface area contributed by atoms with Crippen LogP contribution in [0.4, 0.5) is 13.2 Å². The molecule has 20 heavy (non-hydrogen) atoms. The van der Waals surface area contributed by atoms with Gasteiger partial charge in [-0.25, -0.2) is 0 Å². The minimum absolute atomic E-state index is 0.234. The van der Waals surface area contributed by atoms with E-state index in [0.29, 0.717) is 23.8 Å². The Morgan fingerprint density at radius 1 is 1.20 bits per heavy atom. The van der Waals surface area contributed by atoms with Crippen molar-refractivity contribution in [3.63, 3.8) is 0 Å². The number of rotatable bonds is 4. The van der Waals surface area contributed by atoms with Gasteiger partial charge in [0.15, 0.2) is 0 Å². The molecular weight excluding hydrogens is 269 g/mol. The fourth-order valence-corrected chi connectivity index (χ4v) is 1.93. The summed E-state index contributed by atoms with van der Waals surface area (Å²) < 4.78 is 49.4. The van der Waals surface area contributed by atoms with Gasteiger partial charge >= 0.3 is 6.18 Å². The molecule has 0 N–H and O–H groups in total. The molecule has 0 unspecified atom stereocenters. The van der Waals surface area contributed by atoms with E-state index in [4.69, 9.17) is 9.15 Å². The molecule has 3 rings (SSSR count). The van der Waals surface area contributed by atoms with E-state index < -0.39 is 11.7 Å². The number of ether oxygens (including phenoxy) is 1. The van der Waals surface area contributed by atoms with E-state index in [0.717, 1.165) is 25.0 Å². The van der Waals surface area contributed by atoms with Crippen LogP contribution in [0.15, 0.2) is 41.0 Å². The van der Waals surface area contributed by atoms with E-state index in [-0.39, 0.29) is 5.75 Å². The van der Waals surface area contributed by atoms with E-state index in [1.165, 1.54) is 6.26 Å². The Bertz CT molecular complexity index is 584. The van der Waals surface area contributed by atoms with Crippen LogP contribution in [0, 0.1) is 5.92 Å². The molecule has 2 aromatic rings. The molecule has 0 bridgehead atoms. The Morgan fingerprint density at radius 2 is 2.00 bits per heavy atom. The first-order valence-electron chi connectivity index (χ1n) is 6.41. The highest BCUT2D eigenvalue weighted by Gasteiger charge is 2.32. The zero-order valence-electron chi connectivity index (χ0n) is 10.6. The summed E-state index contributed by atoms with van der Waals surface area (Å²) in [5, 5.41) is 0. The van der Waals surface area contributed by atoms with E-state index in [2.05, 4.69) is 0 Å². The molecule has 0 radical (unpaired) electrons. The summed E-state index contributed by atoms with van der Waals surface area (Å²) in [6.45, 7) is 0.471. The molecule has 1 heterocycles. The number of hydrogen-bond acceptors (Lipinski definition) is 2. The highest BCUT2D eigenvalue weighted by atomic mass is 19.4. The lowest BCUT2D eigenvalue weighted by atomic mass is 10.1. The first-order valence-corrected chi connectivity index (χ1v) is 6.41. The van der Waals surface area contributed by atoms with Crippen molar-refractivity contribution in [1.29, 1.82) is 0 Å². The topological polar surface area (TPSA) is 22.4 Å². The second-order valence-electron chi connectivity index (χ2n) is 4.98. The largest absolute Gasteiger partial charge is 0.493 e. The van der Waals surface area contributed by atoms with Gasteiger partial charge in [0.1, 0.15) is 11.5 Å². The first-order chi connectivity index (χ1) is 9.52. The average molecular weight is 282 g/mol. The zero-order valence-corrected chi connectivity index (χ0v) is 10.6. The summed E-state index contributed by atoms with van der Waals surface area (Å²) in [6.07, 6.45) is -0.797. The molecule has 1 aromatic carbocycles. The van der Waals surface area contributed by atoms with Crippen LogP contribution in [-0.2, 0) is 6.18 Å². The number of benzene rings is 1. The van der Waals surface area contributed by atoms with E-state index >= 15 is 0 Å². The number of alkyl halides is 3. The lowest BCUT2D eigenvalue weighted by Crippen LogP contribution is -2.07. The molecule has 2 nitrogen and oxygen atoms in total. The van der Waals surface area contributed by atoms with Gasteiger partial charge in [0.2, 0.25) is 0 Å². The first kappa shape index (κ1) is 13.1. The number of halogens is 3. The third-order valence-corrected chi connectivity index (χ3v) is 3.22. The SMILES string of the molecule is FC(F)(F)c1cc(OCC2CC2)cc(-c2ccco2)c1. The van der Waals surface area contributed by atoms with Crippen molar-refractivity contribution >= 4 is 0 Å². The lowest BCUT2D eigenvalue weighted by Gasteiger charge is -2.12. The summed E-state index contributed by atoms with van der Waals surface area (Å²) >= 11 is 0. The molecule has 106 valence electrons. The molecule has 0 spiro atoms. The van der Waals surface area contributed by atoms with Crippen molar-refractivity contribution in [2.24, 2.45) is 5.92 Å². The van der Waals surface area contributed by atoms with Crippen molar-refractivity contribution in [3.05, 3.63) is 42.2 Å². The summed E-state index contributed by atoms with van der Waals surface area (Å²) in [6, 6.07) is 6.95. The fraction of sp³-hybridized carbons (Fsp3) is 0.333. The van der Waals surface area contributed by atoms with Gasteiger partial charge < -0.3 is 9.15 Å². The van der Waals surface area contributed by atoms with Crippen molar-refractivity contribution in [2.45, 2.75) is 19.0 Å². The fourth-order valence-electron chi connectivity index (χ4n) is 1.93. The highest BCUT2D eigenvalue weighted by molar-refractivity contribution is 5.61. The Balaban J connectivity index is 1.93. The van der Waals surface area contributed by atoms with Crippen LogP contribution in [0.3, 0.4) is 0 Å². The Morgan fingerprint density at radius 3 is 2.60 bits per heavy atom. The molecule has 0 aliphatic heterocycles. The van der Waals surface area contributed by atoms with Gasteiger partial charge in [0.25, 0.3) is 0 Å². The van der Waals surface area contributed by atoms with Gasteiger partial charge in [0.05, 0.1) is 18.4 Å². The summed E-state index contributed by atoms with van der Waals surface area (Å²) in [5.41, 5.74) is -0.354. The van der Waals surface area contributed by atoms with Crippen molar-refractivity contribution in [2.75, 3.05) is 6.61 Å². The molecule has 1 fully saturated rings. The summed E-state index contributed by atoms with van der Waals surface area (Å²) in [7, 11) is 0. The molecule has 1 saturated carbocycles. The van der Waals surface area contributed by atoms with Gasteiger partial charge in [-0.15, -0.1) is 0 Å². The molecular formula is C15H13F3O2. The van der Waals surface area contributed by atoms with E-state index in [1.807, 2.05) is 0 Å². The quantitative estimate of drug-likeness (QED) is 0.807. The standard InChI is InChI=1S/C15H13F3O2/c16-15(17,18)12-6-11(14-2-1-5-19-14)7-13(8-12)20-9-10-3-4-10/h1-2,5-8,10H,3-4,9H2. The van der Waals surface area contributed by atoms with Crippen LogP contribution in [-0.4, -0.2) is 6.61 Å². The van der Waals surface area contributed by atoms with Gasteiger partial charge in [0, 0.05) is 5.56 Å². The molecule has 5 heteroatoms. The third kappa shape index (κ3) is 2.98. The smallest absolute Gasteiger partial charge is 0.416 e. The molecule has 1 aliphatic rings. The Labute approximate surface area is 114 Å². The normalized spacial score (nSPS) is 15.3. The van der Waals surface area contributed by atoms with Crippen LogP contribution in [0.1, 0.15) is 18.4 Å². The monoisotopic (exact) mass is 282 g/mol. The zero-order chi connectivity index (χ0) is 14.2. The second-order valence-corrected chi connectivity index (χ2v) is 4.98. The lowest BCUT2D eigenvalue weighted by molar-refractivity contribution is -0.137. The maximum atomic E-state index is 12.9. The van der Waals surface area contributed by atoms with Crippen LogP contribution >= 0.6 is 0 Å². The maximum Gasteiger partial charge on any atom is 0.416 e. The summed E-state index contributed by atoms with van der Waals surface area (Å²) in [4.78, 5) is 0. The van der Waals surface area contributed by atoms with Gasteiger partial charge in [-0.2, -0.15) is 13.2 Å². The van der Waals surface area contributed by atoms with E-state index in [9.17, 15) is 13.2 Å². The van der Waals surface area contributed by atoms with Gasteiger partial charge in [-0.1, -0.05) is 0 Å². The minimum atomic E-state index is -4.40. The molecule has 0 saturated heterocycles. The molecule has 0 amide bonds. The highest BCUT2D eigenvalue weighted by Crippen LogP contribution is 2.36. The number of hydrogen-bond donors (Lipinski definition) is 0. The van der Waals surface area contributed by atoms with Crippen molar-refractivity contribution < 1.29 is 22.3 Å². The third-order valence-electron chi connectivity index (χ3n) is 3.22. The molecule has 1 aromatic heterocycles. The predicted octanol–water partition coefficient (Wildman–Crippen LogP) is 4.75. The predicted molar refractivity (Wildman–Crippen MR) is 67.4 cm³/mol. The molecule has 0 atom stereocenters. The Kier molecular flexibility index (Phi) is 3.20. The van der Waals surface area contributed by atoms with Crippen LogP contribution in [0.5, 0.6) is 5.75 Å². The van der Waals surface area contributed by atoms with Crippen molar-refractivity contribution in [3.8, 4) is 17.1 Å². The van der Waals surface area contributed by atoms with Gasteiger partial charge in [-0.3, -0.25) is 0 Å². The van der Waals surface area contributed by atoms with E-state index in [1.54, 1.807) is 18.2 Å². The van der Waals surface area contributed by atoms with Crippen molar-refractivity contribution in [1.82, 2.24) is 0 Å². The van der Waals surface area contributed by atoms with Crippen LogP contribution in [0.2, 0.25) is 0 Å². The summed E-state index contributed by atoms with van der Waals surface area (Å²) in [5.74, 6) is 1.11. The maximum absolute atomic E-state index is 12.9.